The van der Waals surface area contributed by atoms with Crippen LogP contribution < -0.4 is 9.47 Å². The molecule has 0 amide bonds. The molecule has 168 valence electrons. The first-order chi connectivity index (χ1) is 16.0. The highest BCUT2D eigenvalue weighted by Crippen LogP contribution is 2.51. The molecule has 0 aliphatic carbocycles. The van der Waals surface area contributed by atoms with Crippen LogP contribution in [0.2, 0.25) is 5.02 Å². The fraction of sp³-hybridized carbons (Fsp3) is 0.231. The normalized spacial score (nSPS) is 18.7. The van der Waals surface area contributed by atoms with Gasteiger partial charge in [0, 0.05) is 28.6 Å². The Bertz CT molecular complexity index is 1240. The number of nitrogens with zero attached hydrogens (tertiary/aromatic N) is 2. The van der Waals surface area contributed by atoms with Crippen LogP contribution in [0.5, 0.6) is 11.5 Å². The number of carbonyl (C=O) groups excluding carboxylic acids is 1. The van der Waals surface area contributed by atoms with E-state index < -0.39 is 6.23 Å². The van der Waals surface area contributed by atoms with Crippen molar-refractivity contribution in [3.63, 3.8) is 0 Å². The molecule has 3 aromatic rings. The lowest BCUT2D eigenvalue weighted by Gasteiger charge is -2.38. The maximum absolute atomic E-state index is 11.9. The standard InChI is InChI=1S/C26H23ClN2O4/c1-15-4-6-16(7-5-15)21-14-22-20-12-19(27)13-23(31-2)24(20)33-25(29(22)28-21)17-8-10-18(11-9-17)26(30)32-3/h4-13,22,25H,14H2,1-3H3. The van der Waals surface area contributed by atoms with E-state index in [9.17, 15) is 4.79 Å². The van der Waals surface area contributed by atoms with E-state index in [1.54, 1.807) is 25.3 Å². The van der Waals surface area contributed by atoms with Gasteiger partial charge in [-0.2, -0.15) is 5.10 Å². The number of ether oxygens (including phenoxy) is 3. The predicted molar refractivity (Wildman–Crippen MR) is 126 cm³/mol. The first-order valence-electron chi connectivity index (χ1n) is 10.6. The van der Waals surface area contributed by atoms with Gasteiger partial charge in [0.2, 0.25) is 6.23 Å². The third-order valence-corrected chi connectivity index (χ3v) is 6.26. The Balaban J connectivity index is 1.59. The van der Waals surface area contributed by atoms with Crippen molar-refractivity contribution in [2.24, 2.45) is 5.10 Å². The molecule has 2 unspecified atom stereocenters. The molecule has 0 N–H and O–H groups in total. The topological polar surface area (TPSA) is 60.4 Å². The number of carbonyl (C=O) groups is 1. The molecular weight excluding hydrogens is 440 g/mol. The van der Waals surface area contributed by atoms with Crippen molar-refractivity contribution in [1.82, 2.24) is 5.01 Å². The summed E-state index contributed by atoms with van der Waals surface area (Å²) in [6.45, 7) is 2.07. The Morgan fingerprint density at radius 3 is 2.48 bits per heavy atom. The third kappa shape index (κ3) is 3.80. The van der Waals surface area contributed by atoms with Crippen LogP contribution in [-0.2, 0) is 4.74 Å². The summed E-state index contributed by atoms with van der Waals surface area (Å²) in [4.78, 5) is 11.9. The lowest BCUT2D eigenvalue weighted by Crippen LogP contribution is -2.34. The van der Waals surface area contributed by atoms with Crippen LogP contribution in [0.4, 0.5) is 0 Å². The molecule has 0 spiro atoms. The highest BCUT2D eigenvalue weighted by atomic mass is 35.5. The molecule has 2 atom stereocenters. The molecule has 2 aliphatic heterocycles. The van der Waals surface area contributed by atoms with Crippen LogP contribution in [0.3, 0.4) is 0 Å². The zero-order chi connectivity index (χ0) is 23.1. The van der Waals surface area contributed by atoms with Gasteiger partial charge < -0.3 is 14.2 Å². The van der Waals surface area contributed by atoms with E-state index in [0.29, 0.717) is 28.5 Å². The summed E-state index contributed by atoms with van der Waals surface area (Å²) < 4.78 is 16.9. The average Bonchev–Trinajstić information content (AvgIpc) is 3.29. The average molecular weight is 463 g/mol. The second-order valence-electron chi connectivity index (χ2n) is 8.12. The molecule has 2 aliphatic rings. The summed E-state index contributed by atoms with van der Waals surface area (Å²) in [6.07, 6.45) is 0.215. The van der Waals surface area contributed by atoms with E-state index in [2.05, 4.69) is 31.2 Å². The maximum atomic E-state index is 11.9. The Morgan fingerprint density at radius 2 is 1.82 bits per heavy atom. The first-order valence-corrected chi connectivity index (χ1v) is 11.0. The number of rotatable bonds is 4. The fourth-order valence-corrected chi connectivity index (χ4v) is 4.54. The van der Waals surface area contributed by atoms with Crippen LogP contribution in [0.1, 0.15) is 51.3 Å². The van der Waals surface area contributed by atoms with Gasteiger partial charge in [0.15, 0.2) is 11.5 Å². The molecule has 3 aromatic carbocycles. The van der Waals surface area contributed by atoms with E-state index in [1.165, 1.54) is 12.7 Å². The van der Waals surface area contributed by atoms with E-state index in [1.807, 2.05) is 23.2 Å². The number of fused-ring (bicyclic) bond motifs is 3. The molecule has 2 heterocycles. The molecule has 0 fully saturated rings. The number of hydrogen-bond donors (Lipinski definition) is 0. The molecule has 33 heavy (non-hydrogen) atoms. The van der Waals surface area contributed by atoms with Gasteiger partial charge in [-0.15, -0.1) is 0 Å². The van der Waals surface area contributed by atoms with Gasteiger partial charge in [-0.25, -0.2) is 9.80 Å². The number of halogens is 1. The van der Waals surface area contributed by atoms with E-state index in [0.717, 1.165) is 22.4 Å². The van der Waals surface area contributed by atoms with E-state index in [-0.39, 0.29) is 12.0 Å². The van der Waals surface area contributed by atoms with Crippen molar-refractivity contribution in [2.75, 3.05) is 14.2 Å². The lowest BCUT2D eigenvalue weighted by atomic mass is 9.95. The molecule has 0 radical (unpaired) electrons. The summed E-state index contributed by atoms with van der Waals surface area (Å²) in [5.41, 5.74) is 5.53. The minimum absolute atomic E-state index is 0.0667. The zero-order valence-corrected chi connectivity index (χ0v) is 19.3. The monoisotopic (exact) mass is 462 g/mol. The van der Waals surface area contributed by atoms with Gasteiger partial charge >= 0.3 is 5.97 Å². The van der Waals surface area contributed by atoms with E-state index in [4.69, 9.17) is 30.9 Å². The molecule has 5 rings (SSSR count). The molecule has 7 heteroatoms. The van der Waals surface area contributed by atoms with Gasteiger partial charge in [0.1, 0.15) is 0 Å². The minimum Gasteiger partial charge on any atom is -0.493 e. The SMILES string of the molecule is COC(=O)c1ccc(C2Oc3c(OC)cc(Cl)cc3C3CC(c4ccc(C)cc4)=NN32)cc1. The molecule has 6 nitrogen and oxygen atoms in total. The number of hydrazone groups is 1. The Morgan fingerprint density at radius 1 is 1.09 bits per heavy atom. The van der Waals surface area contributed by atoms with Crippen LogP contribution in [0.15, 0.2) is 65.8 Å². The summed E-state index contributed by atoms with van der Waals surface area (Å²) in [7, 11) is 2.97. The summed E-state index contributed by atoms with van der Waals surface area (Å²) in [6, 6.07) is 19.1. The fourth-order valence-electron chi connectivity index (χ4n) is 4.32. The number of methoxy groups -OCH3 is 2. The molecule has 0 saturated carbocycles. The van der Waals surface area contributed by atoms with Crippen molar-refractivity contribution in [3.8, 4) is 11.5 Å². The zero-order valence-electron chi connectivity index (χ0n) is 18.5. The van der Waals surface area contributed by atoms with Gasteiger partial charge in [0.25, 0.3) is 0 Å². The highest BCUT2D eigenvalue weighted by Gasteiger charge is 2.42. The van der Waals surface area contributed by atoms with E-state index >= 15 is 0 Å². The first kappa shape index (κ1) is 21.3. The lowest BCUT2D eigenvalue weighted by molar-refractivity contribution is -0.0209. The number of benzene rings is 3. The summed E-state index contributed by atoms with van der Waals surface area (Å²) in [5, 5.41) is 7.53. The van der Waals surface area contributed by atoms with Crippen LogP contribution >= 0.6 is 11.6 Å². The highest BCUT2D eigenvalue weighted by molar-refractivity contribution is 6.30. The van der Waals surface area contributed by atoms with Crippen LogP contribution in [-0.4, -0.2) is 30.9 Å². The predicted octanol–water partition coefficient (Wildman–Crippen LogP) is 5.69. The van der Waals surface area contributed by atoms with Crippen LogP contribution in [0.25, 0.3) is 0 Å². The summed E-state index contributed by atoms with van der Waals surface area (Å²) in [5.74, 6) is 0.856. The van der Waals surface area contributed by atoms with Crippen LogP contribution in [0, 0.1) is 6.92 Å². The van der Waals surface area contributed by atoms with Crippen molar-refractivity contribution < 1.29 is 19.0 Å². The van der Waals surface area contributed by atoms with Gasteiger partial charge in [0.05, 0.1) is 31.5 Å². The molecule has 0 aromatic heterocycles. The maximum Gasteiger partial charge on any atom is 0.337 e. The van der Waals surface area contributed by atoms with Gasteiger partial charge in [-0.05, 0) is 30.7 Å². The third-order valence-electron chi connectivity index (χ3n) is 6.04. The Labute approximate surface area is 197 Å². The number of hydrogen-bond acceptors (Lipinski definition) is 6. The number of esters is 1. The molecule has 0 bridgehead atoms. The van der Waals surface area contributed by atoms with Crippen molar-refractivity contribution >= 4 is 23.3 Å². The second kappa shape index (κ2) is 8.45. The van der Waals surface area contributed by atoms with Crippen molar-refractivity contribution in [3.05, 3.63) is 93.5 Å². The summed E-state index contributed by atoms with van der Waals surface area (Å²) >= 11 is 6.40. The molecular formula is C26H23ClN2O4. The number of aryl methyl sites for hydroxylation is 1. The molecule has 0 saturated heterocycles. The van der Waals surface area contributed by atoms with Gasteiger partial charge in [-0.1, -0.05) is 53.6 Å². The smallest absolute Gasteiger partial charge is 0.337 e. The largest absolute Gasteiger partial charge is 0.493 e. The van der Waals surface area contributed by atoms with Crippen molar-refractivity contribution in [2.45, 2.75) is 25.6 Å². The van der Waals surface area contributed by atoms with Gasteiger partial charge in [-0.3, -0.25) is 0 Å². The van der Waals surface area contributed by atoms with Crippen molar-refractivity contribution in [1.29, 1.82) is 0 Å². The Kier molecular flexibility index (Phi) is 5.46. The quantitative estimate of drug-likeness (QED) is 0.466. The second-order valence-corrected chi connectivity index (χ2v) is 8.56. The minimum atomic E-state index is -0.493. The Hall–Kier alpha value is -3.51.